The van der Waals surface area contributed by atoms with Crippen molar-refractivity contribution in [2.75, 3.05) is 7.11 Å². The van der Waals surface area contributed by atoms with Crippen LogP contribution in [0.15, 0.2) is 36.4 Å². The third-order valence-electron chi connectivity index (χ3n) is 2.84. The number of rotatable bonds is 5. The van der Waals surface area contributed by atoms with Crippen molar-refractivity contribution in [3.05, 3.63) is 58.4 Å². The molecule has 0 saturated carbocycles. The molecule has 106 valence electrons. The fourth-order valence-electron chi connectivity index (χ4n) is 1.74. The average Bonchev–Trinajstić information content (AvgIpc) is 2.46. The van der Waals surface area contributed by atoms with E-state index in [1.807, 2.05) is 0 Å². The molecule has 0 spiro atoms. The van der Waals surface area contributed by atoms with Gasteiger partial charge in [-0.1, -0.05) is 17.7 Å². The standard InChI is InChI=1S/C15H14ClFO3/c1-19-13-4-5-15(11(6-13)8-18)20-9-10-2-3-12(16)7-14(10)17/h2-7,18H,8-9H2,1H3. The number of halogens is 2. The van der Waals surface area contributed by atoms with Crippen LogP contribution in [0.25, 0.3) is 0 Å². The van der Waals surface area contributed by atoms with Crippen molar-refractivity contribution < 1.29 is 19.0 Å². The van der Waals surface area contributed by atoms with E-state index in [9.17, 15) is 9.50 Å². The van der Waals surface area contributed by atoms with E-state index in [-0.39, 0.29) is 13.2 Å². The molecule has 2 rings (SSSR count). The Kier molecular flexibility index (Phi) is 4.82. The molecule has 3 nitrogen and oxygen atoms in total. The van der Waals surface area contributed by atoms with E-state index in [1.165, 1.54) is 6.07 Å². The fraction of sp³-hybridized carbons (Fsp3) is 0.200. The predicted molar refractivity (Wildman–Crippen MR) is 74.7 cm³/mol. The maximum Gasteiger partial charge on any atom is 0.131 e. The molecule has 5 heteroatoms. The summed E-state index contributed by atoms with van der Waals surface area (Å²) in [5.41, 5.74) is 0.979. The molecule has 0 bridgehead atoms. The largest absolute Gasteiger partial charge is 0.497 e. The summed E-state index contributed by atoms with van der Waals surface area (Å²) in [6.07, 6.45) is 0. The molecule has 0 unspecified atom stereocenters. The number of ether oxygens (including phenoxy) is 2. The van der Waals surface area contributed by atoms with Gasteiger partial charge in [0.05, 0.1) is 13.7 Å². The van der Waals surface area contributed by atoms with Crippen LogP contribution in [0, 0.1) is 5.82 Å². The molecule has 0 aliphatic rings. The first-order valence-electron chi connectivity index (χ1n) is 5.98. The lowest BCUT2D eigenvalue weighted by atomic mass is 10.2. The molecule has 2 aromatic rings. The van der Waals surface area contributed by atoms with Crippen LogP contribution in [0.1, 0.15) is 11.1 Å². The first-order valence-corrected chi connectivity index (χ1v) is 6.36. The number of hydrogen-bond donors (Lipinski definition) is 1. The van der Waals surface area contributed by atoms with E-state index < -0.39 is 5.82 Å². The zero-order valence-electron chi connectivity index (χ0n) is 10.9. The first-order chi connectivity index (χ1) is 9.63. The Morgan fingerprint density at radius 2 is 1.95 bits per heavy atom. The Morgan fingerprint density at radius 1 is 1.15 bits per heavy atom. The molecular formula is C15H14ClFO3. The second kappa shape index (κ2) is 6.59. The SMILES string of the molecule is COc1ccc(OCc2ccc(Cl)cc2F)c(CO)c1. The normalized spacial score (nSPS) is 10.4. The lowest BCUT2D eigenvalue weighted by Crippen LogP contribution is -2.01. The molecule has 0 saturated heterocycles. The van der Waals surface area contributed by atoms with Gasteiger partial charge in [-0.2, -0.15) is 0 Å². The minimum Gasteiger partial charge on any atom is -0.497 e. The molecule has 0 amide bonds. The Balaban J connectivity index is 2.14. The van der Waals surface area contributed by atoms with Gasteiger partial charge in [-0.25, -0.2) is 4.39 Å². The molecule has 0 atom stereocenters. The van der Waals surface area contributed by atoms with Gasteiger partial charge in [0, 0.05) is 16.1 Å². The van der Waals surface area contributed by atoms with Gasteiger partial charge >= 0.3 is 0 Å². The first kappa shape index (κ1) is 14.6. The van der Waals surface area contributed by atoms with Crippen LogP contribution in [-0.4, -0.2) is 12.2 Å². The van der Waals surface area contributed by atoms with Crippen molar-refractivity contribution >= 4 is 11.6 Å². The summed E-state index contributed by atoms with van der Waals surface area (Å²) in [6.45, 7) is -0.127. The van der Waals surface area contributed by atoms with Crippen LogP contribution in [0.2, 0.25) is 5.02 Å². The van der Waals surface area contributed by atoms with E-state index in [0.29, 0.717) is 27.6 Å². The average molecular weight is 297 g/mol. The fourth-order valence-corrected chi connectivity index (χ4v) is 1.90. The number of methoxy groups -OCH3 is 1. The van der Waals surface area contributed by atoms with E-state index in [4.69, 9.17) is 21.1 Å². The molecule has 0 radical (unpaired) electrons. The van der Waals surface area contributed by atoms with Crippen LogP contribution < -0.4 is 9.47 Å². The lowest BCUT2D eigenvalue weighted by molar-refractivity contribution is 0.256. The van der Waals surface area contributed by atoms with Crippen molar-refractivity contribution in [3.8, 4) is 11.5 Å². The van der Waals surface area contributed by atoms with Gasteiger partial charge in [0.15, 0.2) is 0 Å². The summed E-state index contributed by atoms with van der Waals surface area (Å²) >= 11 is 5.69. The second-order valence-corrected chi connectivity index (χ2v) is 4.59. The quantitative estimate of drug-likeness (QED) is 0.917. The van der Waals surface area contributed by atoms with Gasteiger partial charge in [-0.15, -0.1) is 0 Å². The molecule has 0 aliphatic heterocycles. The highest BCUT2D eigenvalue weighted by Gasteiger charge is 2.08. The third-order valence-corrected chi connectivity index (χ3v) is 3.07. The second-order valence-electron chi connectivity index (χ2n) is 4.16. The zero-order chi connectivity index (χ0) is 14.5. The van der Waals surface area contributed by atoms with Crippen molar-refractivity contribution in [2.24, 2.45) is 0 Å². The molecule has 20 heavy (non-hydrogen) atoms. The maximum atomic E-state index is 13.6. The van der Waals surface area contributed by atoms with Crippen LogP contribution in [0.3, 0.4) is 0 Å². The summed E-state index contributed by atoms with van der Waals surface area (Å²) in [5, 5.41) is 9.64. The van der Waals surface area contributed by atoms with Gasteiger partial charge in [0.2, 0.25) is 0 Å². The number of hydrogen-bond acceptors (Lipinski definition) is 3. The van der Waals surface area contributed by atoms with Gasteiger partial charge < -0.3 is 14.6 Å². The highest BCUT2D eigenvalue weighted by Crippen LogP contribution is 2.25. The van der Waals surface area contributed by atoms with Crippen LogP contribution in [-0.2, 0) is 13.2 Å². The Labute approximate surface area is 121 Å². The topological polar surface area (TPSA) is 38.7 Å². The van der Waals surface area contributed by atoms with Crippen molar-refractivity contribution in [3.63, 3.8) is 0 Å². The molecule has 1 N–H and O–H groups in total. The molecule has 0 heterocycles. The zero-order valence-corrected chi connectivity index (χ0v) is 11.7. The summed E-state index contributed by atoms with van der Waals surface area (Å²) in [4.78, 5) is 0. The van der Waals surface area contributed by atoms with Gasteiger partial charge in [-0.3, -0.25) is 0 Å². The lowest BCUT2D eigenvalue weighted by Gasteiger charge is -2.12. The van der Waals surface area contributed by atoms with E-state index in [2.05, 4.69) is 0 Å². The predicted octanol–water partition coefficient (Wildman–Crippen LogP) is 3.56. The summed E-state index contributed by atoms with van der Waals surface area (Å²) < 4.78 is 24.2. The number of benzene rings is 2. The van der Waals surface area contributed by atoms with Crippen molar-refractivity contribution in [1.82, 2.24) is 0 Å². The van der Waals surface area contributed by atoms with Gasteiger partial charge in [0.25, 0.3) is 0 Å². The highest BCUT2D eigenvalue weighted by atomic mass is 35.5. The molecular weight excluding hydrogens is 283 g/mol. The van der Waals surface area contributed by atoms with E-state index >= 15 is 0 Å². The Bertz CT molecular complexity index is 602. The van der Waals surface area contributed by atoms with Crippen LogP contribution in [0.4, 0.5) is 4.39 Å². The highest BCUT2D eigenvalue weighted by molar-refractivity contribution is 6.30. The Hall–Kier alpha value is -1.78. The number of aliphatic hydroxyl groups is 1. The van der Waals surface area contributed by atoms with Crippen LogP contribution >= 0.6 is 11.6 Å². The summed E-state index contributed by atoms with van der Waals surface area (Å²) in [6, 6.07) is 9.48. The van der Waals surface area contributed by atoms with E-state index in [1.54, 1.807) is 37.4 Å². The minimum absolute atomic E-state index is 0.0579. The van der Waals surface area contributed by atoms with E-state index in [0.717, 1.165) is 0 Å². The Morgan fingerprint density at radius 3 is 2.60 bits per heavy atom. The van der Waals surface area contributed by atoms with Crippen molar-refractivity contribution in [2.45, 2.75) is 13.2 Å². The van der Waals surface area contributed by atoms with Gasteiger partial charge in [0.1, 0.15) is 23.9 Å². The minimum atomic E-state index is -0.420. The molecule has 0 aromatic heterocycles. The van der Waals surface area contributed by atoms with Gasteiger partial charge in [-0.05, 0) is 30.3 Å². The smallest absolute Gasteiger partial charge is 0.131 e. The summed E-state index contributed by atoms with van der Waals surface area (Å²) in [5.74, 6) is 0.693. The maximum absolute atomic E-state index is 13.6. The number of aliphatic hydroxyl groups excluding tert-OH is 1. The summed E-state index contributed by atoms with van der Waals surface area (Å²) in [7, 11) is 1.54. The molecule has 0 aliphatic carbocycles. The van der Waals surface area contributed by atoms with Crippen molar-refractivity contribution in [1.29, 1.82) is 0 Å². The van der Waals surface area contributed by atoms with Crippen LogP contribution in [0.5, 0.6) is 11.5 Å². The third kappa shape index (κ3) is 3.40. The molecule has 2 aromatic carbocycles. The molecule has 0 fully saturated rings. The monoisotopic (exact) mass is 296 g/mol.